The Morgan fingerprint density at radius 2 is 2.07 bits per heavy atom. The molecule has 1 rings (SSSR count). The van der Waals surface area contributed by atoms with E-state index in [0.717, 1.165) is 6.54 Å². The Morgan fingerprint density at radius 1 is 1.43 bits per heavy atom. The summed E-state index contributed by atoms with van der Waals surface area (Å²) < 4.78 is 0. The van der Waals surface area contributed by atoms with E-state index >= 15 is 0 Å². The Labute approximate surface area is 85.2 Å². The Bertz CT molecular complexity index is 255. The maximum atomic E-state index is 9.03. The van der Waals surface area contributed by atoms with Crippen molar-refractivity contribution in [3.05, 3.63) is 30.1 Å². The van der Waals surface area contributed by atoms with Crippen molar-refractivity contribution in [1.82, 2.24) is 10.3 Å². The largest absolute Gasteiger partial charge is 0.396 e. The first-order chi connectivity index (χ1) is 6.73. The van der Waals surface area contributed by atoms with E-state index < -0.39 is 0 Å². The second kappa shape index (κ2) is 5.08. The fourth-order valence-electron chi connectivity index (χ4n) is 1.67. The predicted molar refractivity (Wildman–Crippen MR) is 57.0 cm³/mol. The van der Waals surface area contributed by atoms with E-state index in [2.05, 4.69) is 24.1 Å². The average molecular weight is 194 g/mol. The van der Waals surface area contributed by atoms with Crippen LogP contribution in [0.5, 0.6) is 0 Å². The minimum absolute atomic E-state index is 0.146. The third-order valence-electron chi connectivity index (χ3n) is 2.50. The molecule has 0 amide bonds. The van der Waals surface area contributed by atoms with Crippen LogP contribution in [-0.2, 0) is 5.54 Å². The molecule has 78 valence electrons. The molecule has 0 aliphatic heterocycles. The lowest BCUT2D eigenvalue weighted by atomic mass is 9.89. The fraction of sp³-hybridized carbons (Fsp3) is 0.545. The number of rotatable bonds is 5. The highest BCUT2D eigenvalue weighted by Crippen LogP contribution is 2.23. The normalized spacial score (nSPS) is 15.1. The summed E-state index contributed by atoms with van der Waals surface area (Å²) in [6, 6.07) is 3.97. The van der Waals surface area contributed by atoms with Crippen molar-refractivity contribution in [2.45, 2.75) is 25.8 Å². The minimum atomic E-state index is -0.146. The van der Waals surface area contributed by atoms with Gasteiger partial charge in [-0.1, -0.05) is 6.92 Å². The molecule has 2 N–H and O–H groups in total. The smallest absolute Gasteiger partial charge is 0.0451 e. The molecule has 0 aliphatic carbocycles. The average Bonchev–Trinajstić information content (AvgIpc) is 2.20. The molecule has 0 bridgehead atoms. The van der Waals surface area contributed by atoms with Gasteiger partial charge in [0, 0.05) is 24.5 Å². The Kier molecular flexibility index (Phi) is 4.04. The van der Waals surface area contributed by atoms with Gasteiger partial charge >= 0.3 is 0 Å². The zero-order chi connectivity index (χ0) is 10.4. The molecular formula is C11H18N2O. The molecule has 0 aromatic carbocycles. The Morgan fingerprint density at radius 3 is 2.57 bits per heavy atom. The van der Waals surface area contributed by atoms with Crippen molar-refractivity contribution in [3.8, 4) is 0 Å². The maximum Gasteiger partial charge on any atom is 0.0451 e. The third kappa shape index (κ3) is 2.53. The molecule has 14 heavy (non-hydrogen) atoms. The molecule has 3 heteroatoms. The highest BCUT2D eigenvalue weighted by atomic mass is 16.3. The first-order valence-corrected chi connectivity index (χ1v) is 4.99. The summed E-state index contributed by atoms with van der Waals surface area (Å²) in [6.07, 6.45) is 4.27. The summed E-state index contributed by atoms with van der Waals surface area (Å²) in [5.74, 6) is 0. The molecule has 1 aromatic rings. The first kappa shape index (κ1) is 11.1. The molecule has 1 unspecified atom stereocenters. The van der Waals surface area contributed by atoms with Crippen molar-refractivity contribution in [2.24, 2.45) is 0 Å². The summed E-state index contributed by atoms with van der Waals surface area (Å²) in [5, 5.41) is 12.4. The zero-order valence-corrected chi connectivity index (χ0v) is 8.83. The van der Waals surface area contributed by atoms with E-state index in [9.17, 15) is 0 Å². The fourth-order valence-corrected chi connectivity index (χ4v) is 1.67. The van der Waals surface area contributed by atoms with E-state index in [4.69, 9.17) is 5.11 Å². The van der Waals surface area contributed by atoms with E-state index in [1.807, 2.05) is 12.1 Å². The molecule has 0 saturated carbocycles. The maximum absolute atomic E-state index is 9.03. The van der Waals surface area contributed by atoms with Crippen LogP contribution in [0.2, 0.25) is 0 Å². The molecule has 1 aromatic heterocycles. The number of pyridine rings is 1. The molecule has 0 saturated heterocycles. The van der Waals surface area contributed by atoms with Gasteiger partial charge in [0.25, 0.3) is 0 Å². The second-order valence-electron chi connectivity index (χ2n) is 3.57. The number of aliphatic hydroxyl groups excluding tert-OH is 1. The number of hydrogen-bond donors (Lipinski definition) is 2. The van der Waals surface area contributed by atoms with Gasteiger partial charge in [0.1, 0.15) is 0 Å². The Hall–Kier alpha value is -0.930. The number of nitrogens with one attached hydrogen (secondary N) is 1. The number of hydrogen-bond acceptors (Lipinski definition) is 3. The molecule has 1 atom stereocenters. The van der Waals surface area contributed by atoms with E-state index in [1.54, 1.807) is 12.4 Å². The van der Waals surface area contributed by atoms with Crippen LogP contribution >= 0.6 is 0 Å². The van der Waals surface area contributed by atoms with Gasteiger partial charge in [-0.05, 0) is 37.6 Å². The molecule has 1 heterocycles. The minimum Gasteiger partial charge on any atom is -0.396 e. The third-order valence-corrected chi connectivity index (χ3v) is 2.50. The lowest BCUT2D eigenvalue weighted by Gasteiger charge is -2.30. The van der Waals surface area contributed by atoms with Gasteiger partial charge < -0.3 is 10.4 Å². The summed E-state index contributed by atoms with van der Waals surface area (Å²) >= 11 is 0. The van der Waals surface area contributed by atoms with Crippen LogP contribution in [0.25, 0.3) is 0 Å². The quantitative estimate of drug-likeness (QED) is 0.742. The molecule has 0 spiro atoms. The standard InChI is InChI=1S/C11H18N2O/c1-3-13-11(2,6-9-14)10-4-7-12-8-5-10/h4-5,7-8,13-14H,3,6,9H2,1-2H3. The van der Waals surface area contributed by atoms with E-state index in [-0.39, 0.29) is 12.1 Å². The second-order valence-corrected chi connectivity index (χ2v) is 3.57. The van der Waals surface area contributed by atoms with Crippen LogP contribution in [-0.4, -0.2) is 23.2 Å². The van der Waals surface area contributed by atoms with Gasteiger partial charge in [-0.2, -0.15) is 0 Å². The first-order valence-electron chi connectivity index (χ1n) is 4.99. The summed E-state index contributed by atoms with van der Waals surface area (Å²) in [6.45, 7) is 5.24. The SMILES string of the molecule is CCNC(C)(CCO)c1ccncc1. The van der Waals surface area contributed by atoms with Crippen molar-refractivity contribution < 1.29 is 5.11 Å². The molecule has 3 nitrogen and oxygen atoms in total. The lowest BCUT2D eigenvalue weighted by molar-refractivity contribution is 0.223. The molecule has 0 radical (unpaired) electrons. The highest BCUT2D eigenvalue weighted by Gasteiger charge is 2.24. The van der Waals surface area contributed by atoms with Gasteiger partial charge in [0.15, 0.2) is 0 Å². The van der Waals surface area contributed by atoms with E-state index in [1.165, 1.54) is 5.56 Å². The number of aromatic nitrogens is 1. The van der Waals surface area contributed by atoms with E-state index in [0.29, 0.717) is 6.42 Å². The van der Waals surface area contributed by atoms with Crippen molar-refractivity contribution in [1.29, 1.82) is 0 Å². The summed E-state index contributed by atoms with van der Waals surface area (Å²) in [4.78, 5) is 3.99. The van der Waals surface area contributed by atoms with Crippen LogP contribution in [0.4, 0.5) is 0 Å². The van der Waals surface area contributed by atoms with Crippen LogP contribution < -0.4 is 5.32 Å². The van der Waals surface area contributed by atoms with Gasteiger partial charge in [-0.3, -0.25) is 4.98 Å². The highest BCUT2D eigenvalue weighted by molar-refractivity contribution is 5.20. The van der Waals surface area contributed by atoms with Gasteiger partial charge in [-0.15, -0.1) is 0 Å². The topological polar surface area (TPSA) is 45.1 Å². The van der Waals surface area contributed by atoms with Crippen molar-refractivity contribution in [2.75, 3.05) is 13.2 Å². The number of aliphatic hydroxyl groups is 1. The summed E-state index contributed by atoms with van der Waals surface area (Å²) in [5.41, 5.74) is 1.02. The van der Waals surface area contributed by atoms with Crippen LogP contribution in [0.1, 0.15) is 25.8 Å². The lowest BCUT2D eigenvalue weighted by Crippen LogP contribution is -2.40. The van der Waals surface area contributed by atoms with Gasteiger partial charge in [0.05, 0.1) is 0 Å². The zero-order valence-electron chi connectivity index (χ0n) is 8.83. The van der Waals surface area contributed by atoms with Crippen molar-refractivity contribution >= 4 is 0 Å². The Balaban J connectivity index is 2.87. The van der Waals surface area contributed by atoms with Crippen LogP contribution in [0.15, 0.2) is 24.5 Å². The molecule has 0 aliphatic rings. The predicted octanol–water partition coefficient (Wildman–Crippen LogP) is 1.29. The van der Waals surface area contributed by atoms with Crippen LogP contribution in [0, 0.1) is 0 Å². The van der Waals surface area contributed by atoms with Gasteiger partial charge in [0.2, 0.25) is 0 Å². The van der Waals surface area contributed by atoms with Gasteiger partial charge in [-0.25, -0.2) is 0 Å². The molecule has 0 fully saturated rings. The van der Waals surface area contributed by atoms with Crippen molar-refractivity contribution in [3.63, 3.8) is 0 Å². The van der Waals surface area contributed by atoms with Crippen LogP contribution in [0.3, 0.4) is 0 Å². The molecular weight excluding hydrogens is 176 g/mol. The summed E-state index contributed by atoms with van der Waals surface area (Å²) in [7, 11) is 0. The number of nitrogens with zero attached hydrogens (tertiary/aromatic N) is 1. The monoisotopic (exact) mass is 194 g/mol.